The molecule has 1 aromatic carbocycles. The molecule has 108 valence electrons. The highest BCUT2D eigenvalue weighted by Gasteiger charge is 2.21. The Hall–Kier alpha value is -2.64. The number of nitro groups is 1. The van der Waals surface area contributed by atoms with Crippen molar-refractivity contribution in [2.45, 2.75) is 0 Å². The normalized spacial score (nSPS) is 9.95. The first kappa shape index (κ1) is 15.4. The molecule has 0 unspecified atom stereocenters. The molecule has 0 saturated heterocycles. The largest absolute Gasteiger partial charge is 0.480 e. The Bertz CT molecular complexity index is 556. The summed E-state index contributed by atoms with van der Waals surface area (Å²) in [4.78, 5) is 35.4. The molecular formula is C12H15N3O5. The number of nitrogens with zero attached hydrogens (tertiary/aromatic N) is 3. The fourth-order valence-corrected chi connectivity index (χ4v) is 1.67. The van der Waals surface area contributed by atoms with Gasteiger partial charge in [-0.2, -0.15) is 0 Å². The monoisotopic (exact) mass is 281 g/mol. The maximum Gasteiger partial charge on any atom is 0.323 e. The molecule has 8 heteroatoms. The summed E-state index contributed by atoms with van der Waals surface area (Å²) in [5.74, 6) is -1.46. The Labute approximate surface area is 115 Å². The summed E-state index contributed by atoms with van der Waals surface area (Å²) in [7, 11) is 4.52. The highest BCUT2D eigenvalue weighted by atomic mass is 16.6. The molecule has 1 amide bonds. The maximum atomic E-state index is 11.8. The Morgan fingerprint density at radius 3 is 2.35 bits per heavy atom. The van der Waals surface area contributed by atoms with Crippen LogP contribution in [0.1, 0.15) is 10.4 Å². The Balaban J connectivity index is 3.24. The summed E-state index contributed by atoms with van der Waals surface area (Å²) in [5.41, 5.74) is 0.0170. The molecule has 0 aliphatic carbocycles. The molecule has 1 aromatic rings. The summed E-state index contributed by atoms with van der Waals surface area (Å²) >= 11 is 0. The van der Waals surface area contributed by atoms with Gasteiger partial charge in [0, 0.05) is 32.8 Å². The number of likely N-dealkylation sites (N-methyl/N-ethyl adjacent to an activating group) is 1. The minimum Gasteiger partial charge on any atom is -0.480 e. The number of anilines is 1. The first-order chi connectivity index (χ1) is 9.23. The second kappa shape index (κ2) is 6.00. The van der Waals surface area contributed by atoms with Crippen molar-refractivity contribution in [2.24, 2.45) is 0 Å². The highest BCUT2D eigenvalue weighted by Crippen LogP contribution is 2.28. The second-order valence-electron chi connectivity index (χ2n) is 4.41. The number of carboxylic acid groups (broad SMARTS) is 1. The number of carbonyl (C=O) groups excluding carboxylic acids is 1. The number of carbonyl (C=O) groups is 2. The lowest BCUT2D eigenvalue weighted by Gasteiger charge is -2.17. The lowest BCUT2D eigenvalue weighted by molar-refractivity contribution is -0.384. The Morgan fingerprint density at radius 2 is 1.90 bits per heavy atom. The minimum absolute atomic E-state index is 0.146. The topological polar surface area (TPSA) is 104 Å². The second-order valence-corrected chi connectivity index (χ2v) is 4.41. The van der Waals surface area contributed by atoms with E-state index in [1.54, 1.807) is 14.1 Å². The van der Waals surface area contributed by atoms with Crippen molar-refractivity contribution < 1.29 is 19.6 Å². The number of benzene rings is 1. The van der Waals surface area contributed by atoms with E-state index in [1.165, 1.54) is 29.0 Å². The quantitative estimate of drug-likeness (QED) is 0.633. The van der Waals surface area contributed by atoms with Crippen LogP contribution >= 0.6 is 0 Å². The fraction of sp³-hybridized carbons (Fsp3) is 0.333. The van der Waals surface area contributed by atoms with Crippen LogP contribution in [0, 0.1) is 10.1 Å². The molecule has 0 atom stereocenters. The summed E-state index contributed by atoms with van der Waals surface area (Å²) in [6.45, 7) is -0.373. The zero-order valence-electron chi connectivity index (χ0n) is 11.4. The summed E-state index contributed by atoms with van der Waals surface area (Å²) in [6.07, 6.45) is 0. The fourth-order valence-electron chi connectivity index (χ4n) is 1.67. The third kappa shape index (κ3) is 3.44. The molecule has 0 saturated carbocycles. The van der Waals surface area contributed by atoms with Crippen LogP contribution in [0.25, 0.3) is 0 Å². The molecule has 0 aromatic heterocycles. The Morgan fingerprint density at radius 1 is 1.30 bits per heavy atom. The van der Waals surface area contributed by atoms with E-state index in [0.29, 0.717) is 0 Å². The van der Waals surface area contributed by atoms with Gasteiger partial charge in [-0.3, -0.25) is 19.7 Å². The summed E-state index contributed by atoms with van der Waals surface area (Å²) < 4.78 is 0. The van der Waals surface area contributed by atoms with Crippen molar-refractivity contribution in [3.8, 4) is 0 Å². The van der Waals surface area contributed by atoms with Gasteiger partial charge >= 0.3 is 5.97 Å². The van der Waals surface area contributed by atoms with E-state index >= 15 is 0 Å². The number of hydrogen-bond acceptors (Lipinski definition) is 5. The van der Waals surface area contributed by atoms with Crippen LogP contribution in [0.4, 0.5) is 11.4 Å². The molecule has 0 radical (unpaired) electrons. The smallest absolute Gasteiger partial charge is 0.323 e. The zero-order valence-corrected chi connectivity index (χ0v) is 11.4. The van der Waals surface area contributed by atoms with Gasteiger partial charge in [-0.15, -0.1) is 0 Å². The van der Waals surface area contributed by atoms with Crippen LogP contribution < -0.4 is 4.90 Å². The standard InChI is InChI=1S/C12H15N3O5/c1-13(2)12(18)8-4-5-9(10(6-8)15(19)20)14(3)7-11(16)17/h4-6H,7H2,1-3H3,(H,16,17). The average Bonchev–Trinajstić information content (AvgIpc) is 2.36. The van der Waals surface area contributed by atoms with Gasteiger partial charge in [-0.05, 0) is 12.1 Å². The third-order valence-electron chi connectivity index (χ3n) is 2.61. The van der Waals surface area contributed by atoms with Crippen molar-refractivity contribution in [2.75, 3.05) is 32.6 Å². The van der Waals surface area contributed by atoms with Crippen molar-refractivity contribution in [1.82, 2.24) is 4.90 Å². The first-order valence-electron chi connectivity index (χ1n) is 5.67. The predicted octanol–water partition coefficient (Wildman–Crippen LogP) is 0.817. The molecular weight excluding hydrogens is 266 g/mol. The van der Waals surface area contributed by atoms with Crippen LogP contribution in [0.2, 0.25) is 0 Å². The van der Waals surface area contributed by atoms with Crippen molar-refractivity contribution in [3.63, 3.8) is 0 Å². The molecule has 1 N–H and O–H groups in total. The van der Waals surface area contributed by atoms with E-state index in [9.17, 15) is 19.7 Å². The van der Waals surface area contributed by atoms with Crippen LogP contribution in [-0.2, 0) is 4.79 Å². The number of rotatable bonds is 5. The predicted molar refractivity (Wildman–Crippen MR) is 72.0 cm³/mol. The summed E-state index contributed by atoms with van der Waals surface area (Å²) in [6, 6.07) is 3.96. The molecule has 0 aliphatic rings. The van der Waals surface area contributed by atoms with E-state index in [0.717, 1.165) is 6.07 Å². The van der Waals surface area contributed by atoms with E-state index in [-0.39, 0.29) is 29.4 Å². The van der Waals surface area contributed by atoms with Crippen LogP contribution in [0.3, 0.4) is 0 Å². The molecule has 0 fully saturated rings. The van der Waals surface area contributed by atoms with E-state index in [4.69, 9.17) is 5.11 Å². The van der Waals surface area contributed by atoms with Gasteiger partial charge in [-0.1, -0.05) is 0 Å². The van der Waals surface area contributed by atoms with E-state index < -0.39 is 10.9 Å². The van der Waals surface area contributed by atoms with Gasteiger partial charge in [0.15, 0.2) is 0 Å². The third-order valence-corrected chi connectivity index (χ3v) is 2.61. The Kier molecular flexibility index (Phi) is 4.63. The van der Waals surface area contributed by atoms with Gasteiger partial charge in [0.1, 0.15) is 12.2 Å². The average molecular weight is 281 g/mol. The number of hydrogen-bond donors (Lipinski definition) is 1. The van der Waals surface area contributed by atoms with Crippen LogP contribution in [-0.4, -0.2) is 54.5 Å². The van der Waals surface area contributed by atoms with Crippen molar-refractivity contribution in [3.05, 3.63) is 33.9 Å². The van der Waals surface area contributed by atoms with Crippen LogP contribution in [0.15, 0.2) is 18.2 Å². The molecule has 1 rings (SSSR count). The van der Waals surface area contributed by atoms with Gasteiger partial charge in [0.05, 0.1) is 4.92 Å². The molecule has 20 heavy (non-hydrogen) atoms. The molecule has 0 spiro atoms. The van der Waals surface area contributed by atoms with E-state index in [1.807, 2.05) is 0 Å². The molecule has 0 bridgehead atoms. The van der Waals surface area contributed by atoms with Gasteiger partial charge in [-0.25, -0.2) is 0 Å². The number of nitro benzene ring substituents is 1. The zero-order chi connectivity index (χ0) is 15.4. The van der Waals surface area contributed by atoms with Crippen molar-refractivity contribution in [1.29, 1.82) is 0 Å². The SMILES string of the molecule is CN(C)C(=O)c1ccc(N(C)CC(=O)O)c([N+](=O)[O-])c1. The maximum absolute atomic E-state index is 11.8. The minimum atomic E-state index is -1.10. The van der Waals surface area contributed by atoms with E-state index in [2.05, 4.69) is 0 Å². The molecule has 0 heterocycles. The first-order valence-corrected chi connectivity index (χ1v) is 5.67. The highest BCUT2D eigenvalue weighted by molar-refractivity contribution is 5.95. The van der Waals surface area contributed by atoms with Gasteiger partial charge in [0.25, 0.3) is 11.6 Å². The number of amides is 1. The van der Waals surface area contributed by atoms with Crippen LogP contribution in [0.5, 0.6) is 0 Å². The van der Waals surface area contributed by atoms with Gasteiger partial charge < -0.3 is 14.9 Å². The lowest BCUT2D eigenvalue weighted by Crippen LogP contribution is -2.26. The number of carboxylic acids is 1. The summed E-state index contributed by atoms with van der Waals surface area (Å²) in [5, 5.41) is 19.8. The lowest BCUT2D eigenvalue weighted by atomic mass is 10.1. The molecule has 8 nitrogen and oxygen atoms in total. The van der Waals surface area contributed by atoms with Crippen molar-refractivity contribution >= 4 is 23.3 Å². The molecule has 0 aliphatic heterocycles. The number of aliphatic carboxylic acids is 1. The van der Waals surface area contributed by atoms with Gasteiger partial charge in [0.2, 0.25) is 0 Å².